The van der Waals surface area contributed by atoms with Gasteiger partial charge >= 0.3 is 0 Å². The molecule has 1 spiro atoms. The fourth-order valence-corrected chi connectivity index (χ4v) is 7.91. The van der Waals surface area contributed by atoms with E-state index in [2.05, 4.69) is 19.8 Å². The average molecular weight is 330 g/mol. The van der Waals surface area contributed by atoms with Gasteiger partial charge in [-0.2, -0.15) is 0 Å². The van der Waals surface area contributed by atoms with Crippen molar-refractivity contribution in [3.05, 3.63) is 0 Å². The number of ether oxygens (including phenoxy) is 1. The van der Waals surface area contributed by atoms with E-state index in [1.807, 2.05) is 0 Å². The standard InChI is InChI=1S/C21H30O3/c1-4-20(23)10-7-15-14-11-17-21(24-17)12-13(22)5-8-19(21,3)16(14)6-9-18(15,20)2/h1,13-17,22-23H,5-12H2,2-3H3/t13-,14+,15+,16-,17-,18-,19+,20-,21-/m0/s1. The third-order valence-corrected chi connectivity index (χ3v) is 9.45. The highest BCUT2D eigenvalue weighted by atomic mass is 16.6. The lowest BCUT2D eigenvalue weighted by atomic mass is 9.44. The topological polar surface area (TPSA) is 53.0 Å². The van der Waals surface area contributed by atoms with E-state index in [0.717, 1.165) is 51.4 Å². The summed E-state index contributed by atoms with van der Waals surface area (Å²) in [7, 11) is 0. The summed E-state index contributed by atoms with van der Waals surface area (Å²) in [6.45, 7) is 4.67. The summed E-state index contributed by atoms with van der Waals surface area (Å²) in [5.74, 6) is 4.55. The van der Waals surface area contributed by atoms with Gasteiger partial charge in [0.25, 0.3) is 0 Å². The number of fused-ring (bicyclic) bond motifs is 4. The fourth-order valence-electron chi connectivity index (χ4n) is 7.91. The van der Waals surface area contributed by atoms with Gasteiger partial charge in [0.15, 0.2) is 0 Å². The second kappa shape index (κ2) is 4.40. The first-order chi connectivity index (χ1) is 11.3. The lowest BCUT2D eigenvalue weighted by Gasteiger charge is -2.59. The Bertz CT molecular complexity index is 625. The Kier molecular flexibility index (Phi) is 2.87. The number of terminal acetylenes is 1. The minimum absolute atomic E-state index is 0.0550. The van der Waals surface area contributed by atoms with Crippen molar-refractivity contribution in [2.24, 2.45) is 28.6 Å². The molecule has 0 aromatic carbocycles. The third kappa shape index (κ3) is 1.53. The summed E-state index contributed by atoms with van der Waals surface area (Å²) in [6, 6.07) is 0. The first kappa shape index (κ1) is 15.7. The van der Waals surface area contributed by atoms with E-state index >= 15 is 0 Å². The Labute approximate surface area is 145 Å². The molecule has 1 heterocycles. The largest absolute Gasteiger partial charge is 0.393 e. The van der Waals surface area contributed by atoms with Crippen molar-refractivity contribution >= 4 is 0 Å². The highest BCUT2D eigenvalue weighted by Crippen LogP contribution is 2.74. The molecule has 1 aliphatic heterocycles. The molecule has 0 amide bonds. The highest BCUT2D eigenvalue weighted by molar-refractivity contribution is 5.28. The van der Waals surface area contributed by atoms with Crippen molar-refractivity contribution < 1.29 is 14.9 Å². The SMILES string of the molecule is C#C[C@]1(O)CC[C@@H]2[C@H]3C[C@@H]4O[C@@]45C[C@@H](O)CC[C@]5(C)[C@H]3CC[C@@]21C. The molecule has 4 aliphatic carbocycles. The van der Waals surface area contributed by atoms with E-state index in [9.17, 15) is 10.2 Å². The van der Waals surface area contributed by atoms with Crippen LogP contribution in [0.1, 0.15) is 65.2 Å². The number of hydrogen-bond donors (Lipinski definition) is 2. The van der Waals surface area contributed by atoms with E-state index in [0.29, 0.717) is 23.9 Å². The monoisotopic (exact) mass is 330 g/mol. The molecule has 24 heavy (non-hydrogen) atoms. The van der Waals surface area contributed by atoms with Crippen molar-refractivity contribution in [3.8, 4) is 12.3 Å². The van der Waals surface area contributed by atoms with E-state index in [1.54, 1.807) is 0 Å². The van der Waals surface area contributed by atoms with Crippen molar-refractivity contribution in [2.75, 3.05) is 0 Å². The van der Waals surface area contributed by atoms with Crippen LogP contribution in [-0.2, 0) is 4.74 Å². The molecular weight excluding hydrogens is 300 g/mol. The molecule has 0 aromatic heterocycles. The summed E-state index contributed by atoms with van der Waals surface area (Å²) in [4.78, 5) is 0. The Morgan fingerprint density at radius 2 is 1.71 bits per heavy atom. The van der Waals surface area contributed by atoms with Crippen LogP contribution in [0, 0.1) is 40.9 Å². The van der Waals surface area contributed by atoms with Gasteiger partial charge < -0.3 is 14.9 Å². The van der Waals surface area contributed by atoms with Crippen LogP contribution in [0.3, 0.4) is 0 Å². The molecule has 0 bridgehead atoms. The molecular formula is C21H30O3. The maximum absolute atomic E-state index is 11.1. The molecule has 3 heteroatoms. The number of aliphatic hydroxyl groups excluding tert-OH is 1. The van der Waals surface area contributed by atoms with E-state index in [-0.39, 0.29) is 22.5 Å². The molecule has 0 radical (unpaired) electrons. The normalized spacial score (nSPS) is 64.2. The number of epoxide rings is 1. The lowest BCUT2D eigenvalue weighted by Crippen LogP contribution is -2.60. The van der Waals surface area contributed by atoms with Crippen molar-refractivity contribution in [1.82, 2.24) is 0 Å². The first-order valence-electron chi connectivity index (χ1n) is 9.86. The van der Waals surface area contributed by atoms with E-state index in [1.165, 1.54) is 0 Å². The first-order valence-corrected chi connectivity index (χ1v) is 9.86. The van der Waals surface area contributed by atoms with Crippen molar-refractivity contribution in [3.63, 3.8) is 0 Å². The third-order valence-electron chi connectivity index (χ3n) is 9.45. The number of aliphatic hydroxyl groups is 2. The molecule has 4 saturated carbocycles. The van der Waals surface area contributed by atoms with Gasteiger partial charge in [0.1, 0.15) is 11.2 Å². The van der Waals surface area contributed by atoms with Crippen LogP contribution in [0.15, 0.2) is 0 Å². The zero-order chi connectivity index (χ0) is 17.0. The summed E-state index contributed by atoms with van der Waals surface area (Å²) < 4.78 is 6.33. The molecule has 2 N–H and O–H groups in total. The van der Waals surface area contributed by atoms with Crippen LogP contribution in [0.2, 0.25) is 0 Å². The molecule has 3 nitrogen and oxygen atoms in total. The molecule has 5 aliphatic rings. The molecule has 5 rings (SSSR count). The quantitative estimate of drug-likeness (QED) is 0.530. The van der Waals surface area contributed by atoms with Crippen LogP contribution in [-0.4, -0.2) is 33.6 Å². The van der Waals surface area contributed by atoms with Crippen LogP contribution in [0.4, 0.5) is 0 Å². The molecule has 1 saturated heterocycles. The second-order valence-corrected chi connectivity index (χ2v) is 9.92. The number of rotatable bonds is 0. The smallest absolute Gasteiger partial charge is 0.130 e. The van der Waals surface area contributed by atoms with E-state index in [4.69, 9.17) is 11.2 Å². The molecule has 0 unspecified atom stereocenters. The fraction of sp³-hybridized carbons (Fsp3) is 0.905. The Morgan fingerprint density at radius 3 is 2.46 bits per heavy atom. The van der Waals surface area contributed by atoms with Gasteiger partial charge in [0, 0.05) is 17.3 Å². The maximum atomic E-state index is 11.1. The van der Waals surface area contributed by atoms with Crippen molar-refractivity contribution in [2.45, 2.75) is 88.6 Å². The Hall–Kier alpha value is -0.560. The zero-order valence-corrected chi connectivity index (χ0v) is 14.9. The van der Waals surface area contributed by atoms with Gasteiger partial charge in [-0.05, 0) is 62.7 Å². The summed E-state index contributed by atoms with van der Waals surface area (Å²) in [6.07, 6.45) is 13.8. The van der Waals surface area contributed by atoms with Gasteiger partial charge in [0.05, 0.1) is 12.2 Å². The molecule has 9 atom stereocenters. The predicted octanol–water partition coefficient (Wildman–Crippen LogP) is 2.89. The van der Waals surface area contributed by atoms with Crippen LogP contribution in [0.25, 0.3) is 0 Å². The molecule has 0 aromatic rings. The minimum atomic E-state index is -0.925. The maximum Gasteiger partial charge on any atom is 0.130 e. The summed E-state index contributed by atoms with van der Waals surface area (Å²) in [5, 5.41) is 21.3. The zero-order valence-electron chi connectivity index (χ0n) is 14.9. The van der Waals surface area contributed by atoms with Gasteiger partial charge in [0.2, 0.25) is 0 Å². The van der Waals surface area contributed by atoms with Gasteiger partial charge in [-0.1, -0.05) is 19.8 Å². The van der Waals surface area contributed by atoms with Gasteiger partial charge in [-0.3, -0.25) is 0 Å². The Balaban J connectivity index is 1.52. The van der Waals surface area contributed by atoms with Gasteiger partial charge in [-0.25, -0.2) is 0 Å². The predicted molar refractivity (Wildman–Crippen MR) is 91.0 cm³/mol. The lowest BCUT2D eigenvalue weighted by molar-refractivity contribution is -0.133. The van der Waals surface area contributed by atoms with Gasteiger partial charge in [-0.15, -0.1) is 6.42 Å². The molecule has 5 fully saturated rings. The molecule has 132 valence electrons. The number of hydrogen-bond acceptors (Lipinski definition) is 3. The Morgan fingerprint density at radius 1 is 1.04 bits per heavy atom. The van der Waals surface area contributed by atoms with Crippen LogP contribution >= 0.6 is 0 Å². The average Bonchev–Trinajstić information content (AvgIpc) is 3.17. The minimum Gasteiger partial charge on any atom is -0.393 e. The van der Waals surface area contributed by atoms with E-state index < -0.39 is 5.60 Å². The van der Waals surface area contributed by atoms with Crippen LogP contribution < -0.4 is 0 Å². The summed E-state index contributed by atoms with van der Waals surface area (Å²) in [5.41, 5.74) is -0.924. The summed E-state index contributed by atoms with van der Waals surface area (Å²) >= 11 is 0. The second-order valence-electron chi connectivity index (χ2n) is 9.92. The highest BCUT2D eigenvalue weighted by Gasteiger charge is 2.76. The van der Waals surface area contributed by atoms with Crippen LogP contribution in [0.5, 0.6) is 0 Å². The van der Waals surface area contributed by atoms with Crippen molar-refractivity contribution in [1.29, 1.82) is 0 Å².